The van der Waals surface area contributed by atoms with Crippen LogP contribution in [0.4, 0.5) is 0 Å². The van der Waals surface area contributed by atoms with Gasteiger partial charge in [0.15, 0.2) is 0 Å². The molecule has 4 nitrogen and oxygen atoms in total. The first-order chi connectivity index (χ1) is 12.8. The van der Waals surface area contributed by atoms with E-state index in [1.54, 1.807) is 0 Å². The van der Waals surface area contributed by atoms with Gasteiger partial charge in [-0.3, -0.25) is 0 Å². The first-order valence-corrected chi connectivity index (χ1v) is 9.30. The first kappa shape index (κ1) is 24.4. The molecule has 1 aromatic carbocycles. The van der Waals surface area contributed by atoms with Crippen LogP contribution in [0.1, 0.15) is 52.0 Å². The number of carbonyl (C=O) groups excluding carboxylic acids is 1. The molecule has 0 saturated carbocycles. The molecule has 0 aliphatic heterocycles. The summed E-state index contributed by atoms with van der Waals surface area (Å²) in [5.41, 5.74) is 1.32. The molecule has 27 heavy (non-hydrogen) atoms. The molecule has 0 bridgehead atoms. The summed E-state index contributed by atoms with van der Waals surface area (Å²) in [7, 11) is 0. The van der Waals surface area contributed by atoms with E-state index in [0.717, 1.165) is 25.7 Å². The van der Waals surface area contributed by atoms with Gasteiger partial charge in [0.1, 0.15) is 0 Å². The molecule has 0 aliphatic carbocycles. The number of esters is 1. The van der Waals surface area contributed by atoms with Crippen molar-refractivity contribution in [3.63, 3.8) is 0 Å². The number of carboxylic acids is 1. The maximum atomic E-state index is 11.6. The molecule has 0 spiro atoms. The Bertz CT molecular complexity index is 629. The van der Waals surface area contributed by atoms with Gasteiger partial charge >= 0.3 is 11.9 Å². The molecule has 148 valence electrons. The summed E-state index contributed by atoms with van der Waals surface area (Å²) in [4.78, 5) is 22.3. The topological polar surface area (TPSA) is 63.6 Å². The third-order valence-electron chi connectivity index (χ3n) is 4.02. The Kier molecular flexibility index (Phi) is 13.1. The van der Waals surface area contributed by atoms with Crippen LogP contribution in [0.25, 0.3) is 6.08 Å². The van der Waals surface area contributed by atoms with Crippen molar-refractivity contribution in [2.75, 3.05) is 6.61 Å². The highest BCUT2D eigenvalue weighted by Crippen LogP contribution is 2.14. The SMILES string of the molecule is C=C(C=C(C)C(=O)O)C(=O)OCC(CC)CCCC.C=Cc1ccccc1. The molecule has 1 unspecified atom stereocenters. The largest absolute Gasteiger partial charge is 0.478 e. The van der Waals surface area contributed by atoms with E-state index in [2.05, 4.69) is 27.0 Å². The number of carboxylic acid groups (broad SMARTS) is 1. The lowest BCUT2D eigenvalue weighted by Gasteiger charge is -2.14. The van der Waals surface area contributed by atoms with E-state index in [-0.39, 0.29) is 11.1 Å². The lowest BCUT2D eigenvalue weighted by atomic mass is 10.0. The Labute approximate surface area is 163 Å². The Balaban J connectivity index is 0.000000694. The van der Waals surface area contributed by atoms with Crippen LogP contribution in [0.2, 0.25) is 0 Å². The van der Waals surface area contributed by atoms with Crippen LogP contribution in [0.15, 0.2) is 60.7 Å². The van der Waals surface area contributed by atoms with E-state index in [1.807, 2.05) is 36.4 Å². The number of aliphatic carboxylic acids is 1. The van der Waals surface area contributed by atoms with E-state index in [0.29, 0.717) is 12.5 Å². The van der Waals surface area contributed by atoms with E-state index in [1.165, 1.54) is 18.6 Å². The van der Waals surface area contributed by atoms with Crippen molar-refractivity contribution in [3.05, 3.63) is 66.3 Å². The van der Waals surface area contributed by atoms with E-state index in [4.69, 9.17) is 9.84 Å². The van der Waals surface area contributed by atoms with Gasteiger partial charge in [0.2, 0.25) is 0 Å². The van der Waals surface area contributed by atoms with Crippen LogP contribution in [-0.4, -0.2) is 23.7 Å². The molecule has 1 aromatic rings. The molecule has 1 rings (SSSR count). The summed E-state index contributed by atoms with van der Waals surface area (Å²) < 4.78 is 5.16. The molecular formula is C23H32O4. The third-order valence-corrected chi connectivity index (χ3v) is 4.02. The van der Waals surface area contributed by atoms with Gasteiger partial charge in [-0.1, -0.05) is 82.7 Å². The fraction of sp³-hybridized carbons (Fsp3) is 0.391. The van der Waals surface area contributed by atoms with Gasteiger partial charge in [-0.15, -0.1) is 0 Å². The van der Waals surface area contributed by atoms with E-state index >= 15 is 0 Å². The van der Waals surface area contributed by atoms with Crippen molar-refractivity contribution in [2.45, 2.75) is 46.5 Å². The summed E-state index contributed by atoms with van der Waals surface area (Å²) in [5, 5.41) is 8.70. The van der Waals surface area contributed by atoms with Gasteiger partial charge in [0.05, 0.1) is 12.2 Å². The van der Waals surface area contributed by atoms with E-state index < -0.39 is 11.9 Å². The Morgan fingerprint density at radius 2 is 1.85 bits per heavy atom. The summed E-state index contributed by atoms with van der Waals surface area (Å²) in [6.07, 6.45) is 7.31. The quantitative estimate of drug-likeness (QED) is 0.327. The van der Waals surface area contributed by atoms with Crippen LogP contribution in [0.3, 0.4) is 0 Å². The van der Waals surface area contributed by atoms with Gasteiger partial charge in [-0.05, 0) is 30.9 Å². The molecule has 1 N–H and O–H groups in total. The van der Waals surface area contributed by atoms with Gasteiger partial charge in [-0.2, -0.15) is 0 Å². The predicted octanol–water partition coefficient (Wildman–Crippen LogP) is 5.66. The maximum absolute atomic E-state index is 11.6. The lowest BCUT2D eigenvalue weighted by Crippen LogP contribution is -2.14. The third kappa shape index (κ3) is 11.6. The minimum atomic E-state index is -1.07. The van der Waals surface area contributed by atoms with Crippen LogP contribution in [0.5, 0.6) is 0 Å². The van der Waals surface area contributed by atoms with Crippen molar-refractivity contribution in [1.29, 1.82) is 0 Å². The van der Waals surface area contributed by atoms with Crippen LogP contribution in [0, 0.1) is 5.92 Å². The summed E-state index contributed by atoms with van der Waals surface area (Å²) in [5.74, 6) is -1.25. The molecule has 0 aromatic heterocycles. The Morgan fingerprint density at radius 1 is 1.22 bits per heavy atom. The second kappa shape index (κ2) is 14.5. The Morgan fingerprint density at radius 3 is 2.30 bits per heavy atom. The number of hydrogen-bond acceptors (Lipinski definition) is 3. The molecule has 4 heteroatoms. The molecular weight excluding hydrogens is 340 g/mol. The summed E-state index contributed by atoms with van der Waals surface area (Å²) >= 11 is 0. The van der Waals surface area contributed by atoms with Crippen molar-refractivity contribution in [1.82, 2.24) is 0 Å². The molecule has 0 fully saturated rings. The number of hydrogen-bond donors (Lipinski definition) is 1. The minimum absolute atomic E-state index is 0.0694. The minimum Gasteiger partial charge on any atom is -0.478 e. The summed E-state index contributed by atoms with van der Waals surface area (Å²) in [6, 6.07) is 10.0. The zero-order valence-electron chi connectivity index (χ0n) is 16.7. The maximum Gasteiger partial charge on any atom is 0.337 e. The highest BCUT2D eigenvalue weighted by Gasteiger charge is 2.12. The van der Waals surface area contributed by atoms with Crippen LogP contribution < -0.4 is 0 Å². The molecule has 1 atom stereocenters. The second-order valence-electron chi connectivity index (χ2n) is 6.29. The Hall–Kier alpha value is -2.62. The second-order valence-corrected chi connectivity index (χ2v) is 6.29. The van der Waals surface area contributed by atoms with Gasteiger partial charge < -0.3 is 9.84 Å². The zero-order valence-corrected chi connectivity index (χ0v) is 16.7. The van der Waals surface area contributed by atoms with Gasteiger partial charge in [-0.25, -0.2) is 9.59 Å². The number of ether oxygens (including phenoxy) is 1. The summed E-state index contributed by atoms with van der Waals surface area (Å²) in [6.45, 7) is 13.1. The number of rotatable bonds is 10. The first-order valence-electron chi connectivity index (χ1n) is 9.30. The van der Waals surface area contributed by atoms with Crippen LogP contribution in [-0.2, 0) is 14.3 Å². The zero-order chi connectivity index (χ0) is 20.7. The van der Waals surface area contributed by atoms with Crippen molar-refractivity contribution in [2.24, 2.45) is 5.92 Å². The normalized spacial score (nSPS) is 11.6. The highest BCUT2D eigenvalue weighted by atomic mass is 16.5. The monoisotopic (exact) mass is 372 g/mol. The number of benzene rings is 1. The van der Waals surface area contributed by atoms with Crippen molar-refractivity contribution in [3.8, 4) is 0 Å². The number of carbonyl (C=O) groups is 2. The molecule has 0 aliphatic rings. The average Bonchev–Trinajstić information content (AvgIpc) is 2.68. The standard InChI is InChI=1S/C15H24O4.C8H8/c1-5-7-8-13(6-2)10-19-15(18)12(4)9-11(3)14(16)17;1-2-8-6-4-3-5-7-8/h9,13H,4-8,10H2,1-3H3,(H,16,17);2-7H,1H2. The predicted molar refractivity (Wildman–Crippen MR) is 111 cm³/mol. The van der Waals surface area contributed by atoms with Gasteiger partial charge in [0, 0.05) is 5.57 Å². The van der Waals surface area contributed by atoms with Gasteiger partial charge in [0.25, 0.3) is 0 Å². The lowest BCUT2D eigenvalue weighted by molar-refractivity contribution is -0.140. The fourth-order valence-electron chi connectivity index (χ4n) is 2.16. The molecule has 0 radical (unpaired) electrons. The van der Waals surface area contributed by atoms with Crippen molar-refractivity contribution < 1.29 is 19.4 Å². The molecule has 0 amide bonds. The smallest absolute Gasteiger partial charge is 0.337 e. The van der Waals surface area contributed by atoms with E-state index in [9.17, 15) is 9.59 Å². The highest BCUT2D eigenvalue weighted by molar-refractivity contribution is 5.94. The fourth-order valence-corrected chi connectivity index (χ4v) is 2.16. The van der Waals surface area contributed by atoms with Crippen LogP contribution >= 0.6 is 0 Å². The van der Waals surface area contributed by atoms with Crippen molar-refractivity contribution >= 4 is 18.0 Å². The average molecular weight is 373 g/mol. The molecule has 0 heterocycles. The number of unbranched alkanes of at least 4 members (excludes halogenated alkanes) is 1. The molecule has 0 saturated heterocycles.